The van der Waals surface area contributed by atoms with Gasteiger partial charge in [-0.2, -0.15) is 0 Å². The van der Waals surface area contributed by atoms with Crippen LogP contribution in [0.5, 0.6) is 0 Å². The molecular weight excluding hydrogens is 218 g/mol. The number of aliphatic hydroxyl groups excluding tert-OH is 1. The highest BCUT2D eigenvalue weighted by atomic mass is 16.4. The maximum atomic E-state index is 10.3. The van der Waals surface area contributed by atoms with E-state index in [-0.39, 0.29) is 6.42 Å². The Balaban J connectivity index is 2.01. The summed E-state index contributed by atoms with van der Waals surface area (Å²) in [4.78, 5) is 10.3. The van der Waals surface area contributed by atoms with Crippen LogP contribution in [0.1, 0.15) is 45.4 Å². The van der Waals surface area contributed by atoms with E-state index in [0.717, 1.165) is 24.8 Å². The van der Waals surface area contributed by atoms with Gasteiger partial charge in [-0.3, -0.25) is 4.79 Å². The van der Waals surface area contributed by atoms with Crippen LogP contribution in [0.3, 0.4) is 0 Å². The van der Waals surface area contributed by atoms with E-state index in [1.807, 2.05) is 0 Å². The molecule has 0 radical (unpaired) electrons. The molecule has 0 aromatic heterocycles. The molecule has 4 heteroatoms. The zero-order valence-electron chi connectivity index (χ0n) is 10.7. The van der Waals surface area contributed by atoms with Crippen molar-refractivity contribution in [2.45, 2.75) is 51.6 Å². The van der Waals surface area contributed by atoms with Crippen LogP contribution in [-0.4, -0.2) is 35.4 Å². The Kier molecular flexibility index (Phi) is 6.52. The molecule has 0 bridgehead atoms. The first-order chi connectivity index (χ1) is 8.08. The summed E-state index contributed by atoms with van der Waals surface area (Å²) >= 11 is 0. The zero-order valence-corrected chi connectivity index (χ0v) is 10.7. The molecule has 1 fully saturated rings. The molecule has 3 unspecified atom stereocenters. The predicted molar refractivity (Wildman–Crippen MR) is 66.9 cm³/mol. The highest BCUT2D eigenvalue weighted by Crippen LogP contribution is 2.30. The summed E-state index contributed by atoms with van der Waals surface area (Å²) in [6.45, 7) is 3.58. The fourth-order valence-electron chi connectivity index (χ4n) is 2.67. The Morgan fingerprint density at radius 1 is 1.47 bits per heavy atom. The second-order valence-electron chi connectivity index (χ2n) is 5.38. The minimum absolute atomic E-state index is 0.173. The Bertz CT molecular complexity index is 233. The Morgan fingerprint density at radius 2 is 2.24 bits per heavy atom. The van der Waals surface area contributed by atoms with Gasteiger partial charge in [0.2, 0.25) is 0 Å². The monoisotopic (exact) mass is 243 g/mol. The third-order valence-corrected chi connectivity index (χ3v) is 3.56. The van der Waals surface area contributed by atoms with Crippen molar-refractivity contribution in [3.63, 3.8) is 0 Å². The van der Waals surface area contributed by atoms with Gasteiger partial charge in [0.25, 0.3) is 0 Å². The number of rotatable bonds is 7. The molecule has 0 heterocycles. The molecule has 0 saturated heterocycles. The van der Waals surface area contributed by atoms with E-state index < -0.39 is 12.1 Å². The summed E-state index contributed by atoms with van der Waals surface area (Å²) in [5.74, 6) is 0.717. The number of carboxylic acid groups (broad SMARTS) is 1. The van der Waals surface area contributed by atoms with E-state index in [0.29, 0.717) is 6.54 Å². The first-order valence-corrected chi connectivity index (χ1v) is 6.68. The van der Waals surface area contributed by atoms with Gasteiger partial charge in [-0.05, 0) is 31.2 Å². The second kappa shape index (κ2) is 7.67. The van der Waals surface area contributed by atoms with E-state index in [4.69, 9.17) is 5.11 Å². The first kappa shape index (κ1) is 14.5. The third kappa shape index (κ3) is 6.64. The minimum atomic E-state index is -0.944. The number of aliphatic hydroxyl groups is 1. The topological polar surface area (TPSA) is 69.6 Å². The van der Waals surface area contributed by atoms with E-state index >= 15 is 0 Å². The summed E-state index contributed by atoms with van der Waals surface area (Å²) in [6, 6.07) is 0. The SMILES string of the molecule is CC1CCCC(CCNCC(O)CC(=O)O)C1. The zero-order chi connectivity index (χ0) is 12.7. The van der Waals surface area contributed by atoms with Gasteiger partial charge in [0.05, 0.1) is 12.5 Å². The number of carbonyl (C=O) groups is 1. The van der Waals surface area contributed by atoms with Crippen molar-refractivity contribution >= 4 is 5.97 Å². The van der Waals surface area contributed by atoms with Crippen LogP contribution in [0.4, 0.5) is 0 Å². The molecule has 0 spiro atoms. The van der Waals surface area contributed by atoms with Gasteiger partial charge >= 0.3 is 5.97 Å². The van der Waals surface area contributed by atoms with Gasteiger partial charge in [-0.1, -0.05) is 26.2 Å². The van der Waals surface area contributed by atoms with Crippen molar-refractivity contribution in [3.05, 3.63) is 0 Å². The van der Waals surface area contributed by atoms with E-state index in [2.05, 4.69) is 12.2 Å². The molecule has 1 saturated carbocycles. The van der Waals surface area contributed by atoms with Crippen LogP contribution in [0.15, 0.2) is 0 Å². The molecule has 17 heavy (non-hydrogen) atoms. The normalized spacial score (nSPS) is 26.7. The maximum absolute atomic E-state index is 10.3. The van der Waals surface area contributed by atoms with Gasteiger partial charge in [0.15, 0.2) is 0 Å². The molecule has 0 amide bonds. The summed E-state index contributed by atoms with van der Waals surface area (Å²) in [6.07, 6.45) is 5.55. The lowest BCUT2D eigenvalue weighted by molar-refractivity contribution is -0.139. The van der Waals surface area contributed by atoms with Gasteiger partial charge in [0, 0.05) is 6.54 Å². The summed E-state index contributed by atoms with van der Waals surface area (Å²) in [5, 5.41) is 21.0. The molecule has 3 atom stereocenters. The van der Waals surface area contributed by atoms with E-state index in [1.54, 1.807) is 0 Å². The van der Waals surface area contributed by atoms with Crippen molar-refractivity contribution in [2.75, 3.05) is 13.1 Å². The molecule has 3 N–H and O–H groups in total. The van der Waals surface area contributed by atoms with Crippen LogP contribution in [0.2, 0.25) is 0 Å². The Hall–Kier alpha value is -0.610. The Morgan fingerprint density at radius 3 is 2.88 bits per heavy atom. The molecule has 0 aromatic rings. The van der Waals surface area contributed by atoms with Crippen LogP contribution in [0, 0.1) is 11.8 Å². The fourth-order valence-corrected chi connectivity index (χ4v) is 2.67. The lowest BCUT2D eigenvalue weighted by Crippen LogP contribution is -2.30. The second-order valence-corrected chi connectivity index (χ2v) is 5.38. The van der Waals surface area contributed by atoms with Crippen molar-refractivity contribution in [2.24, 2.45) is 11.8 Å². The molecule has 4 nitrogen and oxygen atoms in total. The van der Waals surface area contributed by atoms with Crippen molar-refractivity contribution in [3.8, 4) is 0 Å². The average molecular weight is 243 g/mol. The quantitative estimate of drug-likeness (QED) is 0.594. The fraction of sp³-hybridized carbons (Fsp3) is 0.923. The van der Waals surface area contributed by atoms with Crippen molar-refractivity contribution < 1.29 is 15.0 Å². The molecule has 1 rings (SSSR count). The van der Waals surface area contributed by atoms with Gasteiger partial charge in [-0.15, -0.1) is 0 Å². The standard InChI is InChI=1S/C13H25NO3/c1-10-3-2-4-11(7-10)5-6-14-9-12(15)8-13(16)17/h10-12,14-15H,2-9H2,1H3,(H,16,17). The maximum Gasteiger partial charge on any atom is 0.306 e. The van der Waals surface area contributed by atoms with Crippen LogP contribution >= 0.6 is 0 Å². The van der Waals surface area contributed by atoms with Crippen LogP contribution < -0.4 is 5.32 Å². The lowest BCUT2D eigenvalue weighted by Gasteiger charge is -2.26. The average Bonchev–Trinajstić information content (AvgIpc) is 2.23. The number of nitrogens with one attached hydrogen (secondary N) is 1. The molecule has 1 aliphatic rings. The number of carboxylic acids is 1. The summed E-state index contributed by atoms with van der Waals surface area (Å²) in [7, 11) is 0. The lowest BCUT2D eigenvalue weighted by atomic mass is 9.81. The predicted octanol–water partition coefficient (Wildman–Crippen LogP) is 1.63. The molecule has 100 valence electrons. The van der Waals surface area contributed by atoms with Gasteiger partial charge in [-0.25, -0.2) is 0 Å². The molecule has 0 aliphatic heterocycles. The van der Waals surface area contributed by atoms with Gasteiger partial charge < -0.3 is 15.5 Å². The molecule has 0 aromatic carbocycles. The highest BCUT2D eigenvalue weighted by Gasteiger charge is 2.18. The van der Waals surface area contributed by atoms with E-state index in [1.165, 1.54) is 25.7 Å². The Labute approximate surface area is 103 Å². The largest absolute Gasteiger partial charge is 0.481 e. The minimum Gasteiger partial charge on any atom is -0.481 e. The van der Waals surface area contributed by atoms with Crippen molar-refractivity contribution in [1.82, 2.24) is 5.32 Å². The highest BCUT2D eigenvalue weighted by molar-refractivity contribution is 5.67. The van der Waals surface area contributed by atoms with Crippen LogP contribution in [-0.2, 0) is 4.79 Å². The van der Waals surface area contributed by atoms with Gasteiger partial charge in [0.1, 0.15) is 0 Å². The number of hydrogen-bond donors (Lipinski definition) is 3. The first-order valence-electron chi connectivity index (χ1n) is 6.68. The summed E-state index contributed by atoms with van der Waals surface area (Å²) in [5.41, 5.74) is 0. The smallest absolute Gasteiger partial charge is 0.306 e. The molecular formula is C13H25NO3. The molecule has 1 aliphatic carbocycles. The van der Waals surface area contributed by atoms with Crippen LogP contribution in [0.25, 0.3) is 0 Å². The van der Waals surface area contributed by atoms with Crippen molar-refractivity contribution in [1.29, 1.82) is 0 Å². The summed E-state index contributed by atoms with van der Waals surface area (Å²) < 4.78 is 0. The number of hydrogen-bond acceptors (Lipinski definition) is 3. The van der Waals surface area contributed by atoms with E-state index in [9.17, 15) is 9.90 Å². The number of aliphatic carboxylic acids is 1. The third-order valence-electron chi connectivity index (χ3n) is 3.56.